The standard InChI is InChI=1S/C27H32N2O6/c1-17-8-7-13-27(14-17,25(31)32)29-24(30)23(16-34-2)28-26(33)35-15-22-20-11-5-3-9-18(20)19-10-4-6-12-21(19)22/h3-6,9-12,17,22-23H,7-8,13-16H2,1-2H3,(H,28,33)(H,29,30)(H,31,32). The number of methoxy groups -OCH3 is 1. The van der Waals surface area contributed by atoms with Crippen LogP contribution in [0.2, 0.25) is 0 Å². The predicted molar refractivity (Wildman–Crippen MR) is 130 cm³/mol. The molecule has 3 atom stereocenters. The molecule has 0 bridgehead atoms. The summed E-state index contributed by atoms with van der Waals surface area (Å²) in [6, 6.07) is 15.0. The summed E-state index contributed by atoms with van der Waals surface area (Å²) in [7, 11) is 1.41. The summed E-state index contributed by atoms with van der Waals surface area (Å²) in [4.78, 5) is 37.8. The second-order valence-corrected chi connectivity index (χ2v) is 9.56. The van der Waals surface area contributed by atoms with E-state index in [1.54, 1.807) is 0 Å². The number of rotatable bonds is 8. The Morgan fingerprint density at radius 1 is 1.09 bits per heavy atom. The van der Waals surface area contributed by atoms with Gasteiger partial charge in [-0.2, -0.15) is 0 Å². The van der Waals surface area contributed by atoms with Crippen LogP contribution in [0.4, 0.5) is 4.79 Å². The Bertz CT molecular complexity index is 1060. The number of carbonyl (C=O) groups is 3. The quantitative estimate of drug-likeness (QED) is 0.531. The molecule has 0 spiro atoms. The molecule has 1 fully saturated rings. The fourth-order valence-electron chi connectivity index (χ4n) is 5.37. The Morgan fingerprint density at radius 3 is 2.29 bits per heavy atom. The number of ether oxygens (including phenoxy) is 2. The first-order valence-corrected chi connectivity index (χ1v) is 12.0. The van der Waals surface area contributed by atoms with Crippen molar-refractivity contribution in [3.8, 4) is 11.1 Å². The maximum absolute atomic E-state index is 13.0. The van der Waals surface area contributed by atoms with Gasteiger partial charge in [0.05, 0.1) is 6.61 Å². The summed E-state index contributed by atoms with van der Waals surface area (Å²) in [5, 5.41) is 15.1. The van der Waals surface area contributed by atoms with Crippen LogP contribution in [0.1, 0.15) is 49.7 Å². The van der Waals surface area contributed by atoms with Gasteiger partial charge in [0.1, 0.15) is 18.2 Å². The molecule has 0 radical (unpaired) electrons. The van der Waals surface area contributed by atoms with E-state index >= 15 is 0 Å². The van der Waals surface area contributed by atoms with E-state index in [9.17, 15) is 19.5 Å². The maximum atomic E-state index is 13.0. The Hall–Kier alpha value is -3.39. The summed E-state index contributed by atoms with van der Waals surface area (Å²) in [6.07, 6.45) is 1.57. The molecule has 4 rings (SSSR count). The van der Waals surface area contributed by atoms with Crippen molar-refractivity contribution < 1.29 is 29.0 Å². The van der Waals surface area contributed by atoms with E-state index in [-0.39, 0.29) is 25.0 Å². The molecule has 8 nitrogen and oxygen atoms in total. The van der Waals surface area contributed by atoms with Gasteiger partial charge in [-0.3, -0.25) is 4.79 Å². The molecule has 35 heavy (non-hydrogen) atoms. The van der Waals surface area contributed by atoms with Gasteiger partial charge >= 0.3 is 12.1 Å². The van der Waals surface area contributed by atoms with E-state index in [1.165, 1.54) is 7.11 Å². The lowest BCUT2D eigenvalue weighted by Crippen LogP contribution is -2.61. The number of aliphatic carboxylic acids is 1. The number of carboxylic acids is 1. The Labute approximate surface area is 205 Å². The van der Waals surface area contributed by atoms with Crippen molar-refractivity contribution >= 4 is 18.0 Å². The minimum Gasteiger partial charge on any atom is -0.480 e. The SMILES string of the molecule is COCC(NC(=O)OCC1c2ccccc2-c2ccccc21)C(=O)NC1(C(=O)O)CCCC(C)C1. The number of hydrogen-bond donors (Lipinski definition) is 3. The monoisotopic (exact) mass is 480 g/mol. The van der Waals surface area contributed by atoms with Gasteiger partial charge in [-0.25, -0.2) is 9.59 Å². The fourth-order valence-corrected chi connectivity index (χ4v) is 5.37. The number of alkyl carbamates (subject to hydrolysis) is 1. The summed E-state index contributed by atoms with van der Waals surface area (Å²) in [5.74, 6) is -1.59. The van der Waals surface area contributed by atoms with Crippen molar-refractivity contribution in [1.82, 2.24) is 10.6 Å². The average Bonchev–Trinajstić information content (AvgIpc) is 3.16. The van der Waals surface area contributed by atoms with Crippen LogP contribution in [0.5, 0.6) is 0 Å². The van der Waals surface area contributed by atoms with Gasteiger partial charge < -0.3 is 25.2 Å². The minimum atomic E-state index is -1.34. The van der Waals surface area contributed by atoms with Crippen LogP contribution in [0.25, 0.3) is 11.1 Å². The number of hydrogen-bond acceptors (Lipinski definition) is 5. The van der Waals surface area contributed by atoms with Crippen LogP contribution in [0.3, 0.4) is 0 Å². The molecule has 2 aromatic rings. The third kappa shape index (κ3) is 5.17. The van der Waals surface area contributed by atoms with Crippen LogP contribution in [-0.2, 0) is 19.1 Å². The number of carboxylic acid groups (broad SMARTS) is 1. The van der Waals surface area contributed by atoms with Crippen LogP contribution in [-0.4, -0.2) is 55.0 Å². The van der Waals surface area contributed by atoms with Crippen molar-refractivity contribution in [2.45, 2.75) is 50.1 Å². The molecule has 0 aliphatic heterocycles. The molecule has 2 amide bonds. The van der Waals surface area contributed by atoms with Crippen LogP contribution in [0.15, 0.2) is 48.5 Å². The highest BCUT2D eigenvalue weighted by Crippen LogP contribution is 2.44. The predicted octanol–water partition coefficient (Wildman–Crippen LogP) is 3.69. The van der Waals surface area contributed by atoms with Gasteiger partial charge in [0, 0.05) is 13.0 Å². The van der Waals surface area contributed by atoms with Crippen LogP contribution >= 0.6 is 0 Å². The van der Waals surface area contributed by atoms with Gasteiger partial charge in [-0.05, 0) is 41.0 Å². The highest BCUT2D eigenvalue weighted by Gasteiger charge is 2.44. The lowest BCUT2D eigenvalue weighted by molar-refractivity contribution is -0.150. The minimum absolute atomic E-state index is 0.109. The zero-order valence-electron chi connectivity index (χ0n) is 20.1. The molecule has 0 aromatic heterocycles. The molecule has 8 heteroatoms. The van der Waals surface area contributed by atoms with Crippen molar-refractivity contribution in [3.05, 3.63) is 59.7 Å². The Balaban J connectivity index is 1.41. The first kappa shape index (κ1) is 24.7. The number of nitrogens with one attached hydrogen (secondary N) is 2. The molecule has 186 valence electrons. The van der Waals surface area contributed by atoms with Crippen molar-refractivity contribution in [2.75, 3.05) is 20.3 Å². The van der Waals surface area contributed by atoms with Gasteiger partial charge in [0.2, 0.25) is 5.91 Å². The van der Waals surface area contributed by atoms with E-state index in [1.807, 2.05) is 43.3 Å². The normalized spacial score (nSPS) is 21.9. The zero-order chi connectivity index (χ0) is 25.0. The van der Waals surface area contributed by atoms with E-state index in [0.29, 0.717) is 19.3 Å². The molecular weight excluding hydrogens is 448 g/mol. The molecule has 3 unspecified atom stereocenters. The number of amides is 2. The summed E-state index contributed by atoms with van der Waals surface area (Å²) >= 11 is 0. The van der Waals surface area contributed by atoms with Gasteiger partial charge in [0.25, 0.3) is 0 Å². The zero-order valence-corrected chi connectivity index (χ0v) is 20.1. The van der Waals surface area contributed by atoms with Gasteiger partial charge in [-0.15, -0.1) is 0 Å². The maximum Gasteiger partial charge on any atom is 0.407 e. The molecular formula is C27H32N2O6. The molecule has 2 aromatic carbocycles. The number of benzene rings is 2. The summed E-state index contributed by atoms with van der Waals surface area (Å²) in [5.41, 5.74) is 3.07. The molecule has 3 N–H and O–H groups in total. The Morgan fingerprint density at radius 2 is 1.71 bits per heavy atom. The molecule has 0 saturated heterocycles. The second-order valence-electron chi connectivity index (χ2n) is 9.56. The fraction of sp³-hybridized carbons (Fsp3) is 0.444. The summed E-state index contributed by atoms with van der Waals surface area (Å²) < 4.78 is 10.7. The molecule has 1 saturated carbocycles. The van der Waals surface area contributed by atoms with Crippen molar-refractivity contribution in [2.24, 2.45) is 5.92 Å². The average molecular weight is 481 g/mol. The Kier molecular flexibility index (Phi) is 7.40. The second kappa shape index (κ2) is 10.5. The van der Waals surface area contributed by atoms with Crippen LogP contribution in [0, 0.1) is 5.92 Å². The third-order valence-electron chi connectivity index (χ3n) is 7.05. The van der Waals surface area contributed by atoms with E-state index in [0.717, 1.165) is 28.7 Å². The first-order chi connectivity index (χ1) is 16.8. The summed E-state index contributed by atoms with van der Waals surface area (Å²) in [6.45, 7) is 1.98. The van der Waals surface area contributed by atoms with E-state index in [4.69, 9.17) is 9.47 Å². The lowest BCUT2D eigenvalue weighted by atomic mass is 9.76. The molecule has 2 aliphatic carbocycles. The van der Waals surface area contributed by atoms with Gasteiger partial charge in [0.15, 0.2) is 0 Å². The highest BCUT2D eigenvalue weighted by molar-refractivity contribution is 5.91. The number of carbonyl (C=O) groups excluding carboxylic acids is 2. The third-order valence-corrected chi connectivity index (χ3v) is 7.05. The van der Waals surface area contributed by atoms with Crippen molar-refractivity contribution in [3.63, 3.8) is 0 Å². The lowest BCUT2D eigenvalue weighted by Gasteiger charge is -2.37. The van der Waals surface area contributed by atoms with Crippen molar-refractivity contribution in [1.29, 1.82) is 0 Å². The van der Waals surface area contributed by atoms with Gasteiger partial charge in [-0.1, -0.05) is 68.3 Å². The van der Waals surface area contributed by atoms with E-state index in [2.05, 4.69) is 22.8 Å². The topological polar surface area (TPSA) is 114 Å². The number of fused-ring (bicyclic) bond motifs is 3. The molecule has 0 heterocycles. The van der Waals surface area contributed by atoms with Crippen LogP contribution < -0.4 is 10.6 Å². The van der Waals surface area contributed by atoms with E-state index < -0.39 is 29.6 Å². The largest absolute Gasteiger partial charge is 0.480 e. The first-order valence-electron chi connectivity index (χ1n) is 12.0. The molecule has 2 aliphatic rings. The smallest absolute Gasteiger partial charge is 0.407 e. The highest BCUT2D eigenvalue weighted by atomic mass is 16.5.